The number of ether oxygens (including phenoxy) is 1. The predicted molar refractivity (Wildman–Crippen MR) is 99.3 cm³/mol. The zero-order chi connectivity index (χ0) is 19.0. The van der Waals surface area contributed by atoms with E-state index in [1.54, 1.807) is 28.9 Å². The van der Waals surface area contributed by atoms with E-state index in [1.165, 1.54) is 12.1 Å². The first-order valence-electron chi connectivity index (χ1n) is 8.93. The SMILES string of the molecule is CC(C)Oc1ccn2c(-c3nc(NC4CNCC4F)ccc3F)cnc2c1. The number of nitrogens with one attached hydrogen (secondary N) is 2. The molecule has 27 heavy (non-hydrogen) atoms. The number of hydrogen-bond acceptors (Lipinski definition) is 5. The van der Waals surface area contributed by atoms with Gasteiger partial charge in [0.25, 0.3) is 0 Å². The summed E-state index contributed by atoms with van der Waals surface area (Å²) >= 11 is 0. The molecule has 0 aromatic carbocycles. The Morgan fingerprint density at radius 3 is 2.89 bits per heavy atom. The molecule has 0 spiro atoms. The first-order chi connectivity index (χ1) is 13.0. The molecule has 3 aromatic heterocycles. The Kier molecular flexibility index (Phi) is 4.65. The molecule has 8 heteroatoms. The van der Waals surface area contributed by atoms with E-state index in [-0.39, 0.29) is 17.8 Å². The van der Waals surface area contributed by atoms with Crippen LogP contribution >= 0.6 is 0 Å². The number of rotatable bonds is 5. The van der Waals surface area contributed by atoms with Crippen LogP contribution in [-0.2, 0) is 0 Å². The van der Waals surface area contributed by atoms with Crippen LogP contribution in [0, 0.1) is 5.82 Å². The van der Waals surface area contributed by atoms with Gasteiger partial charge in [0, 0.05) is 25.4 Å². The number of pyridine rings is 2. The van der Waals surface area contributed by atoms with Gasteiger partial charge in [-0.05, 0) is 32.0 Å². The molecule has 1 aliphatic heterocycles. The third-order valence-electron chi connectivity index (χ3n) is 4.42. The number of anilines is 1. The molecule has 6 nitrogen and oxygen atoms in total. The normalized spacial score (nSPS) is 19.7. The van der Waals surface area contributed by atoms with E-state index in [2.05, 4.69) is 20.6 Å². The topological polar surface area (TPSA) is 63.5 Å². The van der Waals surface area contributed by atoms with Gasteiger partial charge in [0.1, 0.15) is 29.1 Å². The van der Waals surface area contributed by atoms with Gasteiger partial charge >= 0.3 is 0 Å². The van der Waals surface area contributed by atoms with Crippen LogP contribution in [0.4, 0.5) is 14.6 Å². The van der Waals surface area contributed by atoms with E-state index in [9.17, 15) is 8.78 Å². The fourth-order valence-electron chi connectivity index (χ4n) is 3.16. The summed E-state index contributed by atoms with van der Waals surface area (Å²) in [7, 11) is 0. The van der Waals surface area contributed by atoms with E-state index in [0.717, 1.165) is 0 Å². The number of nitrogens with zero attached hydrogens (tertiary/aromatic N) is 3. The van der Waals surface area contributed by atoms with Crippen LogP contribution in [0.3, 0.4) is 0 Å². The fourth-order valence-corrected chi connectivity index (χ4v) is 3.16. The Morgan fingerprint density at radius 1 is 1.30 bits per heavy atom. The van der Waals surface area contributed by atoms with Crippen LogP contribution in [-0.4, -0.2) is 45.8 Å². The maximum atomic E-state index is 14.5. The van der Waals surface area contributed by atoms with Crippen molar-refractivity contribution in [1.82, 2.24) is 19.7 Å². The van der Waals surface area contributed by atoms with Crippen LogP contribution < -0.4 is 15.4 Å². The lowest BCUT2D eigenvalue weighted by molar-refractivity contribution is 0.242. The van der Waals surface area contributed by atoms with E-state index < -0.39 is 12.0 Å². The molecule has 0 aliphatic carbocycles. The molecular formula is C19H21F2N5O. The van der Waals surface area contributed by atoms with Crippen molar-refractivity contribution in [2.45, 2.75) is 32.2 Å². The summed E-state index contributed by atoms with van der Waals surface area (Å²) in [4.78, 5) is 8.70. The van der Waals surface area contributed by atoms with E-state index in [1.807, 2.05) is 13.8 Å². The van der Waals surface area contributed by atoms with Crippen molar-refractivity contribution >= 4 is 11.5 Å². The molecule has 3 aromatic rings. The van der Waals surface area contributed by atoms with Crippen LogP contribution in [0.15, 0.2) is 36.7 Å². The molecule has 0 bridgehead atoms. The Labute approximate surface area is 155 Å². The zero-order valence-electron chi connectivity index (χ0n) is 15.1. The quantitative estimate of drug-likeness (QED) is 0.720. The minimum atomic E-state index is -1.00. The minimum absolute atomic E-state index is 0.0492. The Bertz CT molecular complexity index is 958. The van der Waals surface area contributed by atoms with Crippen molar-refractivity contribution in [2.24, 2.45) is 0 Å². The standard InChI is InChI=1S/C19H21F2N5O/c1-11(2)27-12-5-6-26-16(10-23-18(26)7-12)19-13(20)3-4-17(25-19)24-15-9-22-8-14(15)21/h3-7,10-11,14-15,22H,8-9H2,1-2H3,(H,24,25). The van der Waals surface area contributed by atoms with Gasteiger partial charge in [0.05, 0.1) is 24.0 Å². The van der Waals surface area contributed by atoms with Crippen LogP contribution in [0.1, 0.15) is 13.8 Å². The molecule has 2 N–H and O–H groups in total. The highest BCUT2D eigenvalue weighted by atomic mass is 19.1. The van der Waals surface area contributed by atoms with E-state index in [0.29, 0.717) is 36.0 Å². The third-order valence-corrected chi connectivity index (χ3v) is 4.42. The summed E-state index contributed by atoms with van der Waals surface area (Å²) in [6.45, 7) is 4.70. The number of aromatic nitrogens is 3. The first kappa shape index (κ1) is 17.7. The minimum Gasteiger partial charge on any atom is -0.491 e. The summed E-state index contributed by atoms with van der Waals surface area (Å²) in [5.74, 6) is 0.657. The van der Waals surface area contributed by atoms with Gasteiger partial charge in [-0.2, -0.15) is 0 Å². The second-order valence-electron chi connectivity index (χ2n) is 6.85. The molecule has 1 fully saturated rings. The van der Waals surface area contributed by atoms with Crippen molar-refractivity contribution in [1.29, 1.82) is 0 Å². The summed E-state index contributed by atoms with van der Waals surface area (Å²) in [5.41, 5.74) is 1.31. The molecule has 1 aliphatic rings. The Hall–Kier alpha value is -2.74. The molecule has 4 heterocycles. The highest BCUT2D eigenvalue weighted by Gasteiger charge is 2.27. The Morgan fingerprint density at radius 2 is 2.15 bits per heavy atom. The Balaban J connectivity index is 1.67. The van der Waals surface area contributed by atoms with Gasteiger partial charge in [0.2, 0.25) is 0 Å². The van der Waals surface area contributed by atoms with Crippen molar-refractivity contribution < 1.29 is 13.5 Å². The monoisotopic (exact) mass is 373 g/mol. The number of hydrogen-bond donors (Lipinski definition) is 2. The number of alkyl halides is 1. The van der Waals surface area contributed by atoms with Gasteiger partial charge in [-0.15, -0.1) is 0 Å². The van der Waals surface area contributed by atoms with Crippen molar-refractivity contribution in [3.05, 3.63) is 42.5 Å². The predicted octanol–water partition coefficient (Wildman–Crippen LogP) is 3.04. The molecule has 4 rings (SSSR count). The summed E-state index contributed by atoms with van der Waals surface area (Å²) in [6.07, 6.45) is 2.39. The van der Waals surface area contributed by atoms with Crippen LogP contribution in [0.2, 0.25) is 0 Å². The maximum absolute atomic E-state index is 14.5. The first-order valence-corrected chi connectivity index (χ1v) is 8.93. The van der Waals surface area contributed by atoms with E-state index >= 15 is 0 Å². The lowest BCUT2D eigenvalue weighted by Gasteiger charge is -2.15. The maximum Gasteiger partial charge on any atom is 0.151 e. The molecule has 2 atom stereocenters. The molecule has 0 radical (unpaired) electrons. The molecular weight excluding hydrogens is 352 g/mol. The summed E-state index contributed by atoms with van der Waals surface area (Å²) in [5, 5.41) is 6.01. The second kappa shape index (κ2) is 7.11. The number of halogens is 2. The van der Waals surface area contributed by atoms with E-state index in [4.69, 9.17) is 4.74 Å². The second-order valence-corrected chi connectivity index (χ2v) is 6.85. The lowest BCUT2D eigenvalue weighted by Crippen LogP contribution is -2.29. The van der Waals surface area contributed by atoms with Gasteiger partial charge in [-0.3, -0.25) is 4.40 Å². The van der Waals surface area contributed by atoms with Crippen molar-refractivity contribution in [3.8, 4) is 17.1 Å². The van der Waals surface area contributed by atoms with Gasteiger partial charge < -0.3 is 15.4 Å². The van der Waals surface area contributed by atoms with Gasteiger partial charge in [0.15, 0.2) is 5.82 Å². The largest absolute Gasteiger partial charge is 0.491 e. The molecule has 0 saturated carbocycles. The van der Waals surface area contributed by atoms with Gasteiger partial charge in [-0.1, -0.05) is 0 Å². The van der Waals surface area contributed by atoms with Crippen LogP contribution in [0.25, 0.3) is 17.0 Å². The smallest absolute Gasteiger partial charge is 0.151 e. The molecule has 142 valence electrons. The lowest BCUT2D eigenvalue weighted by atomic mass is 10.2. The summed E-state index contributed by atoms with van der Waals surface area (Å²) in [6, 6.07) is 6.06. The molecule has 2 unspecified atom stereocenters. The molecule has 1 saturated heterocycles. The third kappa shape index (κ3) is 3.57. The molecule has 0 amide bonds. The number of imidazole rings is 1. The average molecular weight is 373 g/mol. The fraction of sp³-hybridized carbons (Fsp3) is 0.368. The summed E-state index contributed by atoms with van der Waals surface area (Å²) < 4.78 is 35.7. The number of fused-ring (bicyclic) bond motifs is 1. The van der Waals surface area contributed by atoms with Gasteiger partial charge in [-0.25, -0.2) is 18.7 Å². The average Bonchev–Trinajstić information content (AvgIpc) is 3.22. The van der Waals surface area contributed by atoms with Crippen LogP contribution in [0.5, 0.6) is 5.75 Å². The highest BCUT2D eigenvalue weighted by Crippen LogP contribution is 2.26. The van der Waals surface area contributed by atoms with Crippen molar-refractivity contribution in [3.63, 3.8) is 0 Å². The zero-order valence-corrected chi connectivity index (χ0v) is 15.1. The van der Waals surface area contributed by atoms with Crippen molar-refractivity contribution in [2.75, 3.05) is 18.4 Å². The highest BCUT2D eigenvalue weighted by molar-refractivity contribution is 5.63.